The predicted molar refractivity (Wildman–Crippen MR) is 124 cm³/mol. The van der Waals surface area contributed by atoms with E-state index in [1.807, 2.05) is 6.20 Å². The number of unbranched alkanes of at least 4 members (excludes halogenated alkanes) is 1. The van der Waals surface area contributed by atoms with Crippen LogP contribution in [0.3, 0.4) is 0 Å². The third kappa shape index (κ3) is 5.79. The number of fused-ring (bicyclic) bond motifs is 1. The van der Waals surface area contributed by atoms with Crippen LogP contribution in [0.5, 0.6) is 0 Å². The second kappa shape index (κ2) is 11.2. The van der Waals surface area contributed by atoms with Crippen LogP contribution in [0.1, 0.15) is 49.4 Å². The van der Waals surface area contributed by atoms with E-state index < -0.39 is 0 Å². The number of aryl methyl sites for hydroxylation is 1. The molecule has 1 aromatic rings. The Hall–Kier alpha value is -1.53. The fourth-order valence-corrected chi connectivity index (χ4v) is 5.34. The molecule has 3 atom stereocenters. The molecule has 3 N–H and O–H groups in total. The number of nitrogens with two attached hydrogens (primary N) is 1. The summed E-state index contributed by atoms with van der Waals surface area (Å²) in [6.45, 7) is 7.57. The van der Waals surface area contributed by atoms with Crippen molar-refractivity contribution in [3.05, 3.63) is 53.9 Å². The molecule has 1 aromatic heterocycles. The average Bonchev–Trinajstić information content (AvgIpc) is 2.79. The van der Waals surface area contributed by atoms with Crippen molar-refractivity contribution in [3.8, 4) is 0 Å². The van der Waals surface area contributed by atoms with Crippen molar-refractivity contribution < 1.29 is 0 Å². The van der Waals surface area contributed by atoms with E-state index >= 15 is 0 Å². The van der Waals surface area contributed by atoms with E-state index in [0.29, 0.717) is 18.0 Å². The van der Waals surface area contributed by atoms with Crippen LogP contribution in [-0.4, -0.2) is 66.6 Å². The number of nitrogens with zero attached hydrogens (tertiary/aromatic N) is 3. The molecular formula is C25H39N5. The second-order valence-electron chi connectivity index (χ2n) is 9.17. The minimum atomic E-state index is 0.455. The van der Waals surface area contributed by atoms with Gasteiger partial charge in [-0.3, -0.25) is 14.8 Å². The van der Waals surface area contributed by atoms with Crippen LogP contribution in [0.4, 0.5) is 0 Å². The Morgan fingerprint density at radius 3 is 3.10 bits per heavy atom. The first-order valence-corrected chi connectivity index (χ1v) is 12.0. The first-order valence-electron chi connectivity index (χ1n) is 12.0. The van der Waals surface area contributed by atoms with E-state index in [1.54, 1.807) is 0 Å². The molecule has 5 nitrogen and oxygen atoms in total. The van der Waals surface area contributed by atoms with Crippen molar-refractivity contribution in [1.82, 2.24) is 20.1 Å². The lowest BCUT2D eigenvalue weighted by molar-refractivity contribution is 0.114. The van der Waals surface area contributed by atoms with Crippen LogP contribution in [0.2, 0.25) is 0 Å². The van der Waals surface area contributed by atoms with Crippen molar-refractivity contribution in [2.24, 2.45) is 11.7 Å². The quantitative estimate of drug-likeness (QED) is 0.614. The molecule has 2 heterocycles. The van der Waals surface area contributed by atoms with E-state index in [9.17, 15) is 0 Å². The number of nitrogens with one attached hydrogen (secondary N) is 1. The molecule has 0 radical (unpaired) electrons. The smallest absolute Gasteiger partial charge is 0.0607 e. The minimum absolute atomic E-state index is 0.455. The normalized spacial score (nSPS) is 26.8. The zero-order chi connectivity index (χ0) is 20.6. The molecule has 1 saturated heterocycles. The van der Waals surface area contributed by atoms with Crippen molar-refractivity contribution >= 4 is 0 Å². The number of pyridine rings is 1. The Kier molecular flexibility index (Phi) is 8.09. The molecule has 2 aliphatic carbocycles. The highest BCUT2D eigenvalue weighted by molar-refractivity contribution is 5.25. The van der Waals surface area contributed by atoms with Crippen molar-refractivity contribution in [1.29, 1.82) is 0 Å². The summed E-state index contributed by atoms with van der Waals surface area (Å²) >= 11 is 0. The lowest BCUT2D eigenvalue weighted by Crippen LogP contribution is -2.56. The van der Waals surface area contributed by atoms with Gasteiger partial charge in [-0.15, -0.1) is 0 Å². The maximum atomic E-state index is 5.80. The summed E-state index contributed by atoms with van der Waals surface area (Å²) in [5.41, 5.74) is 8.58. The van der Waals surface area contributed by atoms with Crippen LogP contribution >= 0.6 is 0 Å². The van der Waals surface area contributed by atoms with Gasteiger partial charge in [0.15, 0.2) is 0 Å². The fourth-order valence-electron chi connectivity index (χ4n) is 5.34. The molecular weight excluding hydrogens is 370 g/mol. The highest BCUT2D eigenvalue weighted by Crippen LogP contribution is 2.33. The molecule has 30 heavy (non-hydrogen) atoms. The van der Waals surface area contributed by atoms with E-state index in [-0.39, 0.29) is 0 Å². The molecule has 0 bridgehead atoms. The number of piperazine rings is 1. The second-order valence-corrected chi connectivity index (χ2v) is 9.17. The summed E-state index contributed by atoms with van der Waals surface area (Å²) in [4.78, 5) is 10.2. The molecule has 2 unspecified atom stereocenters. The van der Waals surface area contributed by atoms with E-state index in [1.165, 1.54) is 49.9 Å². The SMILES string of the molecule is NCCCCN(CC1CN(CC2C=CC=CC2)CCN1)[C@H]1CCCc2cccnc21. The van der Waals surface area contributed by atoms with Crippen LogP contribution in [0.15, 0.2) is 42.6 Å². The van der Waals surface area contributed by atoms with E-state index in [0.717, 1.165) is 45.7 Å². The number of hydrogen-bond donors (Lipinski definition) is 2. The van der Waals surface area contributed by atoms with Crippen molar-refractivity contribution in [3.63, 3.8) is 0 Å². The minimum Gasteiger partial charge on any atom is -0.330 e. The van der Waals surface area contributed by atoms with Gasteiger partial charge in [0.2, 0.25) is 0 Å². The lowest BCUT2D eigenvalue weighted by Gasteiger charge is -2.41. The van der Waals surface area contributed by atoms with Gasteiger partial charge in [0.1, 0.15) is 0 Å². The zero-order valence-corrected chi connectivity index (χ0v) is 18.4. The van der Waals surface area contributed by atoms with Gasteiger partial charge >= 0.3 is 0 Å². The van der Waals surface area contributed by atoms with Gasteiger partial charge in [-0.25, -0.2) is 0 Å². The van der Waals surface area contributed by atoms with Gasteiger partial charge in [0.25, 0.3) is 0 Å². The lowest BCUT2D eigenvalue weighted by atomic mass is 9.90. The van der Waals surface area contributed by atoms with E-state index in [4.69, 9.17) is 10.7 Å². The summed E-state index contributed by atoms with van der Waals surface area (Å²) in [7, 11) is 0. The van der Waals surface area contributed by atoms with Gasteiger partial charge in [0.05, 0.1) is 11.7 Å². The molecule has 164 valence electrons. The molecule has 1 aliphatic heterocycles. The van der Waals surface area contributed by atoms with Gasteiger partial charge < -0.3 is 11.1 Å². The third-order valence-electron chi connectivity index (χ3n) is 6.86. The topological polar surface area (TPSA) is 57.4 Å². The largest absolute Gasteiger partial charge is 0.330 e. The number of hydrogen-bond acceptors (Lipinski definition) is 5. The first kappa shape index (κ1) is 21.7. The molecule has 0 aromatic carbocycles. The van der Waals surface area contributed by atoms with Crippen LogP contribution in [0, 0.1) is 5.92 Å². The Labute approximate surface area is 182 Å². The third-order valence-corrected chi connectivity index (χ3v) is 6.86. The molecule has 0 saturated carbocycles. The van der Waals surface area contributed by atoms with Crippen LogP contribution in [0.25, 0.3) is 0 Å². The molecule has 0 spiro atoms. The first-order chi connectivity index (χ1) is 14.8. The molecule has 0 amide bonds. The van der Waals surface area contributed by atoms with Gasteiger partial charge in [-0.2, -0.15) is 0 Å². The molecule has 4 rings (SSSR count). The maximum absolute atomic E-state index is 5.80. The summed E-state index contributed by atoms with van der Waals surface area (Å²) < 4.78 is 0. The van der Waals surface area contributed by atoms with Crippen molar-refractivity contribution in [2.45, 2.75) is 50.6 Å². The Bertz CT molecular complexity index is 715. The number of rotatable bonds is 9. The summed E-state index contributed by atoms with van der Waals surface area (Å²) in [6, 6.07) is 5.35. The molecule has 5 heteroatoms. The average molecular weight is 410 g/mol. The highest BCUT2D eigenvalue weighted by atomic mass is 15.2. The van der Waals surface area contributed by atoms with Crippen LogP contribution < -0.4 is 11.1 Å². The maximum Gasteiger partial charge on any atom is 0.0607 e. The molecule has 1 fully saturated rings. The number of allylic oxidation sites excluding steroid dienone is 3. The summed E-state index contributed by atoms with van der Waals surface area (Å²) in [5, 5.41) is 3.81. The van der Waals surface area contributed by atoms with Crippen molar-refractivity contribution in [2.75, 3.05) is 45.8 Å². The summed E-state index contributed by atoms with van der Waals surface area (Å²) in [5.74, 6) is 0.670. The molecule has 3 aliphatic rings. The predicted octanol–water partition coefficient (Wildman–Crippen LogP) is 2.91. The van der Waals surface area contributed by atoms with Gasteiger partial charge in [0, 0.05) is 45.0 Å². The van der Waals surface area contributed by atoms with Crippen LogP contribution in [-0.2, 0) is 6.42 Å². The van der Waals surface area contributed by atoms with Gasteiger partial charge in [-0.1, -0.05) is 30.4 Å². The highest BCUT2D eigenvalue weighted by Gasteiger charge is 2.30. The Morgan fingerprint density at radius 1 is 1.27 bits per heavy atom. The monoisotopic (exact) mass is 409 g/mol. The standard InChI is InChI=1S/C25H39N5/c26-13-4-5-16-30(24-12-6-10-22-11-7-14-28-25(22)24)20-23-19-29(17-15-27-23)18-21-8-2-1-3-9-21/h1-3,7-8,11,14,21,23-24,27H,4-6,9-10,12-13,15-20,26H2/t21?,23?,24-/m0/s1. The number of aromatic nitrogens is 1. The van der Waals surface area contributed by atoms with Gasteiger partial charge in [-0.05, 0) is 69.2 Å². The Balaban J connectivity index is 1.40. The fraction of sp³-hybridized carbons (Fsp3) is 0.640. The zero-order valence-electron chi connectivity index (χ0n) is 18.4. The Morgan fingerprint density at radius 2 is 2.23 bits per heavy atom. The summed E-state index contributed by atoms with van der Waals surface area (Å²) in [6.07, 6.45) is 18.2. The van der Waals surface area contributed by atoms with E-state index in [2.05, 4.69) is 51.6 Å².